The summed E-state index contributed by atoms with van der Waals surface area (Å²) in [5, 5.41) is 4.03. The van der Waals surface area contributed by atoms with E-state index in [2.05, 4.69) is 44.3 Å². The van der Waals surface area contributed by atoms with Crippen LogP contribution in [0.2, 0.25) is 0 Å². The molecule has 1 N–H and O–H groups in total. The molecule has 158 valence electrons. The Kier molecular flexibility index (Phi) is 8.01. The van der Waals surface area contributed by atoms with Gasteiger partial charge in [0.05, 0.1) is 16.8 Å². The van der Waals surface area contributed by atoms with Crippen LogP contribution >= 0.6 is 0 Å². The molecule has 0 spiro atoms. The molecular formula is C27H34N2O. The molecule has 0 bridgehead atoms. The van der Waals surface area contributed by atoms with Crippen LogP contribution in [0.25, 0.3) is 22.2 Å². The summed E-state index contributed by atoms with van der Waals surface area (Å²) in [6.07, 6.45) is 8.70. The lowest BCUT2D eigenvalue weighted by molar-refractivity contribution is 0.0954. The van der Waals surface area contributed by atoms with E-state index in [9.17, 15) is 4.79 Å². The Morgan fingerprint density at radius 2 is 1.60 bits per heavy atom. The Bertz CT molecular complexity index is 993. The normalized spacial score (nSPS) is 11.0. The van der Waals surface area contributed by atoms with Gasteiger partial charge in [-0.25, -0.2) is 4.98 Å². The minimum atomic E-state index is -0.00957. The molecule has 0 aliphatic heterocycles. The molecule has 0 aliphatic rings. The Morgan fingerprint density at radius 3 is 2.37 bits per heavy atom. The van der Waals surface area contributed by atoms with Crippen molar-refractivity contribution in [3.63, 3.8) is 0 Å². The van der Waals surface area contributed by atoms with Gasteiger partial charge in [0, 0.05) is 17.5 Å². The fraction of sp³-hybridized carbons (Fsp3) is 0.407. The molecule has 3 heteroatoms. The van der Waals surface area contributed by atoms with Crippen LogP contribution in [0.3, 0.4) is 0 Å². The number of para-hydroxylation sites is 1. The number of nitrogens with one attached hydrogen (secondary N) is 1. The van der Waals surface area contributed by atoms with Gasteiger partial charge in [0.1, 0.15) is 0 Å². The van der Waals surface area contributed by atoms with Crippen LogP contribution in [0.1, 0.15) is 73.4 Å². The molecule has 0 unspecified atom stereocenters. The predicted molar refractivity (Wildman–Crippen MR) is 127 cm³/mol. The molecule has 0 saturated carbocycles. The molecule has 0 saturated heterocycles. The molecule has 1 aromatic heterocycles. The molecule has 3 aromatic rings. The highest BCUT2D eigenvalue weighted by Crippen LogP contribution is 2.26. The first-order chi connectivity index (χ1) is 14.6. The van der Waals surface area contributed by atoms with Gasteiger partial charge in [-0.1, -0.05) is 75.8 Å². The molecular weight excluding hydrogens is 368 g/mol. The van der Waals surface area contributed by atoms with E-state index in [4.69, 9.17) is 4.98 Å². The summed E-state index contributed by atoms with van der Waals surface area (Å²) < 4.78 is 0. The second-order valence-electron chi connectivity index (χ2n) is 8.25. The van der Waals surface area contributed by atoms with Crippen LogP contribution in [0.15, 0.2) is 48.5 Å². The number of fused-ring (bicyclic) bond motifs is 1. The van der Waals surface area contributed by atoms with Gasteiger partial charge >= 0.3 is 0 Å². The molecule has 30 heavy (non-hydrogen) atoms. The van der Waals surface area contributed by atoms with Gasteiger partial charge in [0.25, 0.3) is 5.91 Å². The average molecular weight is 403 g/mol. The number of benzene rings is 2. The van der Waals surface area contributed by atoms with Crippen molar-refractivity contribution >= 4 is 16.8 Å². The van der Waals surface area contributed by atoms with Crippen molar-refractivity contribution in [3.8, 4) is 11.3 Å². The molecule has 1 heterocycles. The topological polar surface area (TPSA) is 42.0 Å². The first-order valence-corrected chi connectivity index (χ1v) is 11.4. The summed E-state index contributed by atoms with van der Waals surface area (Å²) in [4.78, 5) is 17.8. The van der Waals surface area contributed by atoms with E-state index in [-0.39, 0.29) is 5.91 Å². The van der Waals surface area contributed by atoms with Crippen LogP contribution < -0.4 is 5.32 Å². The average Bonchev–Trinajstić information content (AvgIpc) is 2.76. The molecule has 0 fully saturated rings. The van der Waals surface area contributed by atoms with Crippen molar-refractivity contribution in [2.75, 3.05) is 6.54 Å². The first-order valence-electron chi connectivity index (χ1n) is 11.4. The number of nitrogens with zero attached hydrogens (tertiary/aromatic N) is 1. The lowest BCUT2D eigenvalue weighted by Gasteiger charge is -2.11. The second kappa shape index (κ2) is 10.9. The number of unbranched alkanes of at least 4 members (excludes halogenated alkanes) is 6. The molecule has 0 radical (unpaired) electrons. The summed E-state index contributed by atoms with van der Waals surface area (Å²) in [5.41, 5.74) is 5.94. The Hall–Kier alpha value is -2.68. The maximum Gasteiger partial charge on any atom is 0.252 e. The maximum atomic E-state index is 13.0. The third kappa shape index (κ3) is 5.69. The van der Waals surface area contributed by atoms with Crippen LogP contribution in [-0.2, 0) is 0 Å². The van der Waals surface area contributed by atoms with Gasteiger partial charge < -0.3 is 5.32 Å². The molecule has 3 rings (SSSR count). The third-order valence-corrected chi connectivity index (χ3v) is 5.83. The minimum absolute atomic E-state index is 0.00957. The van der Waals surface area contributed by atoms with Gasteiger partial charge in [-0.3, -0.25) is 4.79 Å². The Balaban J connectivity index is 1.72. The summed E-state index contributed by atoms with van der Waals surface area (Å²) in [5.74, 6) is -0.00957. The molecule has 0 aliphatic carbocycles. The number of aromatic nitrogens is 1. The minimum Gasteiger partial charge on any atom is -0.352 e. The number of carbonyl (C=O) groups excluding carboxylic acids is 1. The van der Waals surface area contributed by atoms with Crippen molar-refractivity contribution in [2.24, 2.45) is 0 Å². The highest BCUT2D eigenvalue weighted by atomic mass is 16.1. The molecule has 3 nitrogen and oxygen atoms in total. The van der Waals surface area contributed by atoms with Crippen molar-refractivity contribution in [1.29, 1.82) is 0 Å². The maximum absolute atomic E-state index is 13.0. The number of hydrogen-bond donors (Lipinski definition) is 1. The van der Waals surface area contributed by atoms with Gasteiger partial charge in [-0.15, -0.1) is 0 Å². The van der Waals surface area contributed by atoms with Crippen molar-refractivity contribution in [2.45, 2.75) is 65.7 Å². The van der Waals surface area contributed by atoms with E-state index >= 15 is 0 Å². The van der Waals surface area contributed by atoms with E-state index < -0.39 is 0 Å². The lowest BCUT2D eigenvalue weighted by Crippen LogP contribution is -2.24. The summed E-state index contributed by atoms with van der Waals surface area (Å²) >= 11 is 0. The molecule has 2 aromatic carbocycles. The highest BCUT2D eigenvalue weighted by Gasteiger charge is 2.14. The smallest absolute Gasteiger partial charge is 0.252 e. The van der Waals surface area contributed by atoms with E-state index in [1.54, 1.807) is 0 Å². The van der Waals surface area contributed by atoms with E-state index in [1.807, 2.05) is 30.3 Å². The van der Waals surface area contributed by atoms with E-state index in [1.165, 1.54) is 49.7 Å². The number of amides is 1. The standard InChI is InChI=1S/C27H34N2O/c1-4-5-6-7-8-9-12-17-28-27(30)24-19-26(22-16-15-20(2)21(3)18-22)29-25-14-11-10-13-23(24)25/h10-11,13-16,18-19H,4-9,12,17H2,1-3H3,(H,28,30). The van der Waals surface area contributed by atoms with Crippen LogP contribution in [0.4, 0.5) is 0 Å². The quantitative estimate of drug-likeness (QED) is 0.371. The number of aryl methyl sites for hydroxylation is 2. The summed E-state index contributed by atoms with van der Waals surface area (Å²) in [7, 11) is 0. The van der Waals surface area contributed by atoms with E-state index in [0.717, 1.165) is 35.1 Å². The number of pyridine rings is 1. The van der Waals surface area contributed by atoms with Crippen LogP contribution in [0.5, 0.6) is 0 Å². The molecule has 1 amide bonds. The zero-order valence-electron chi connectivity index (χ0n) is 18.6. The Labute approximate surface area is 180 Å². The van der Waals surface area contributed by atoms with Crippen LogP contribution in [-0.4, -0.2) is 17.4 Å². The monoisotopic (exact) mass is 402 g/mol. The lowest BCUT2D eigenvalue weighted by atomic mass is 10.0. The number of carbonyl (C=O) groups is 1. The van der Waals surface area contributed by atoms with Gasteiger partial charge in [-0.05, 0) is 49.6 Å². The summed E-state index contributed by atoms with van der Waals surface area (Å²) in [6.45, 7) is 7.18. The zero-order chi connectivity index (χ0) is 21.3. The second-order valence-corrected chi connectivity index (χ2v) is 8.25. The van der Waals surface area contributed by atoms with Crippen molar-refractivity contribution in [1.82, 2.24) is 10.3 Å². The van der Waals surface area contributed by atoms with E-state index in [0.29, 0.717) is 5.56 Å². The van der Waals surface area contributed by atoms with Crippen molar-refractivity contribution < 1.29 is 4.79 Å². The fourth-order valence-electron chi connectivity index (χ4n) is 3.79. The molecule has 0 atom stereocenters. The summed E-state index contributed by atoms with van der Waals surface area (Å²) in [6, 6.07) is 16.2. The largest absolute Gasteiger partial charge is 0.352 e. The predicted octanol–water partition coefficient (Wildman–Crippen LogP) is 7.00. The van der Waals surface area contributed by atoms with Gasteiger partial charge in [-0.2, -0.15) is 0 Å². The zero-order valence-corrected chi connectivity index (χ0v) is 18.6. The highest BCUT2D eigenvalue weighted by molar-refractivity contribution is 6.07. The van der Waals surface area contributed by atoms with Crippen molar-refractivity contribution in [3.05, 3.63) is 65.2 Å². The number of hydrogen-bond acceptors (Lipinski definition) is 2. The van der Waals surface area contributed by atoms with Gasteiger partial charge in [0.2, 0.25) is 0 Å². The Morgan fingerprint density at radius 1 is 0.867 bits per heavy atom. The number of rotatable bonds is 10. The van der Waals surface area contributed by atoms with Gasteiger partial charge in [0.15, 0.2) is 0 Å². The fourth-order valence-corrected chi connectivity index (χ4v) is 3.79. The SMILES string of the molecule is CCCCCCCCCNC(=O)c1cc(-c2ccc(C)c(C)c2)nc2ccccc12. The van der Waals surface area contributed by atoms with Crippen LogP contribution in [0, 0.1) is 13.8 Å². The first kappa shape index (κ1) is 22.0. The third-order valence-electron chi connectivity index (χ3n) is 5.83.